The summed E-state index contributed by atoms with van der Waals surface area (Å²) >= 11 is 0. The highest BCUT2D eigenvalue weighted by atomic mass is 32.2. The van der Waals surface area contributed by atoms with Crippen LogP contribution in [0.3, 0.4) is 0 Å². The Kier molecular flexibility index (Phi) is 15.1. The SMILES string of the molecule is COc1ccc(CN(Cc2ccc(OC)cc2)S(=O)(=O)c2c(S(=O)(=O)N[C@@H](CO)CNC(=O)OC(C)(C)C)ccc(-c3ccnc(N)c3)c2-c2nnn(Cc3ccc(OC)cc3)n2)cc1. The van der Waals surface area contributed by atoms with Gasteiger partial charge in [-0.2, -0.15) is 9.10 Å². The molecule has 0 bridgehead atoms. The topological polar surface area (TPSA) is 252 Å². The van der Waals surface area contributed by atoms with E-state index in [-0.39, 0.29) is 42.4 Å². The van der Waals surface area contributed by atoms with Crippen LogP contribution in [0.5, 0.6) is 17.2 Å². The summed E-state index contributed by atoms with van der Waals surface area (Å²) in [7, 11) is -5.35. The zero-order valence-corrected chi connectivity index (χ0v) is 38.3. The number of carbonyl (C=O) groups is 1. The maximum Gasteiger partial charge on any atom is 0.407 e. The van der Waals surface area contributed by atoms with Crippen LogP contribution in [0, 0.1) is 0 Å². The molecule has 19 nitrogen and oxygen atoms in total. The average molecular weight is 930 g/mol. The van der Waals surface area contributed by atoms with Crippen molar-refractivity contribution in [1.82, 2.24) is 39.5 Å². The first kappa shape index (κ1) is 47.8. The van der Waals surface area contributed by atoms with Gasteiger partial charge in [0.15, 0.2) is 0 Å². The summed E-state index contributed by atoms with van der Waals surface area (Å²) in [6.07, 6.45) is 0.560. The van der Waals surface area contributed by atoms with E-state index in [2.05, 4.69) is 30.4 Å². The lowest BCUT2D eigenvalue weighted by molar-refractivity contribution is 0.0519. The number of aliphatic hydroxyl groups is 1. The van der Waals surface area contributed by atoms with E-state index in [1.807, 2.05) is 0 Å². The van der Waals surface area contributed by atoms with Crippen molar-refractivity contribution in [1.29, 1.82) is 0 Å². The molecular weight excluding hydrogens is 879 g/mol. The van der Waals surface area contributed by atoms with E-state index < -0.39 is 60.7 Å². The molecule has 0 aliphatic carbocycles. The Balaban J connectivity index is 1.59. The van der Waals surface area contributed by atoms with Gasteiger partial charge in [-0.15, -0.1) is 10.2 Å². The number of aliphatic hydroxyl groups excluding tert-OH is 1. The van der Waals surface area contributed by atoms with Gasteiger partial charge >= 0.3 is 6.09 Å². The minimum Gasteiger partial charge on any atom is -0.497 e. The molecule has 0 saturated carbocycles. The van der Waals surface area contributed by atoms with E-state index in [9.17, 15) is 18.3 Å². The molecule has 2 heterocycles. The number of nitrogens with two attached hydrogens (primary N) is 1. The predicted octanol–water partition coefficient (Wildman–Crippen LogP) is 4.61. The van der Waals surface area contributed by atoms with Crippen molar-refractivity contribution >= 4 is 32.0 Å². The molecule has 2 aromatic heterocycles. The maximum atomic E-state index is 15.9. The number of tetrazole rings is 1. The number of hydrogen-bond donors (Lipinski definition) is 4. The summed E-state index contributed by atoms with van der Waals surface area (Å²) in [4.78, 5) is 16.5. The van der Waals surface area contributed by atoms with Crippen LogP contribution < -0.4 is 30.0 Å². The molecule has 1 amide bonds. The highest BCUT2D eigenvalue weighted by molar-refractivity contribution is 7.92. The lowest BCUT2D eigenvalue weighted by Crippen LogP contribution is -2.47. The van der Waals surface area contributed by atoms with Gasteiger partial charge in [0.1, 0.15) is 38.5 Å². The van der Waals surface area contributed by atoms with Crippen molar-refractivity contribution in [3.63, 3.8) is 0 Å². The summed E-state index contributed by atoms with van der Waals surface area (Å²) in [5.74, 6) is 1.55. The van der Waals surface area contributed by atoms with E-state index in [0.717, 1.165) is 15.9 Å². The number of rotatable bonds is 19. The van der Waals surface area contributed by atoms with Gasteiger partial charge in [0.05, 0.1) is 46.1 Å². The van der Waals surface area contributed by atoms with Crippen LogP contribution in [0.2, 0.25) is 0 Å². The third kappa shape index (κ3) is 12.1. The number of alkyl carbamates (subject to hydrolysis) is 1. The number of sulfonamides is 2. The third-order valence-corrected chi connectivity index (χ3v) is 13.3. The molecule has 0 radical (unpaired) electrons. The molecule has 0 unspecified atom stereocenters. The molecule has 1 atom stereocenters. The Morgan fingerprint density at radius 2 is 1.37 bits per heavy atom. The number of anilines is 1. The van der Waals surface area contributed by atoms with E-state index in [1.54, 1.807) is 107 Å². The fourth-order valence-electron chi connectivity index (χ4n) is 6.59. The minimum atomic E-state index is -4.99. The number of amides is 1. The van der Waals surface area contributed by atoms with Crippen LogP contribution in [0.1, 0.15) is 37.5 Å². The number of carbonyl (C=O) groups excluding carboxylic acids is 1. The van der Waals surface area contributed by atoms with Crippen molar-refractivity contribution in [2.24, 2.45) is 0 Å². The standard InChI is InChI=1S/C44H51N9O10S2/c1-44(2,3)63-43(55)47-24-33(28-54)50-64(56,57)38-20-19-37(32-21-22-46-39(45)23-32)40(42-48-51-53(49-42)27-31-11-17-36(62-6)18-12-31)41(38)65(58,59)52(25-29-7-13-34(60-4)14-8-29)26-30-9-15-35(61-5)16-10-30/h7-23,33,50,54H,24-28H2,1-6H3,(H2,45,46)(H,47,55)/t33-/m1/s1. The molecule has 0 fully saturated rings. The number of aromatic nitrogens is 5. The summed E-state index contributed by atoms with van der Waals surface area (Å²) in [6.45, 7) is 3.36. The minimum absolute atomic E-state index is 0.0938. The first-order valence-corrected chi connectivity index (χ1v) is 23.0. The van der Waals surface area contributed by atoms with Crippen molar-refractivity contribution in [2.45, 2.75) is 61.8 Å². The highest BCUT2D eigenvalue weighted by Crippen LogP contribution is 2.41. The van der Waals surface area contributed by atoms with Crippen LogP contribution in [-0.2, 0) is 44.4 Å². The molecule has 344 valence electrons. The van der Waals surface area contributed by atoms with Crippen molar-refractivity contribution < 1.29 is 45.7 Å². The second-order valence-corrected chi connectivity index (χ2v) is 19.2. The quantitative estimate of drug-likeness (QED) is 0.0866. The van der Waals surface area contributed by atoms with Gasteiger partial charge in [-0.3, -0.25) is 0 Å². The first-order valence-electron chi connectivity index (χ1n) is 20.1. The fourth-order valence-corrected chi connectivity index (χ4v) is 10.2. The number of methoxy groups -OCH3 is 3. The number of hydrogen-bond acceptors (Lipinski definition) is 15. The summed E-state index contributed by atoms with van der Waals surface area (Å²) < 4.78 is 86.2. The molecule has 0 aliphatic heterocycles. The van der Waals surface area contributed by atoms with Gasteiger partial charge in [-0.25, -0.2) is 31.3 Å². The number of nitrogen functional groups attached to an aromatic ring is 1. The van der Waals surface area contributed by atoms with Crippen LogP contribution >= 0.6 is 0 Å². The van der Waals surface area contributed by atoms with E-state index in [1.165, 1.54) is 37.3 Å². The molecule has 6 aromatic rings. The molecule has 65 heavy (non-hydrogen) atoms. The monoisotopic (exact) mass is 929 g/mol. The second-order valence-electron chi connectivity index (χ2n) is 15.6. The summed E-state index contributed by atoms with van der Waals surface area (Å²) in [5.41, 5.74) is 7.45. The van der Waals surface area contributed by atoms with E-state index >= 15 is 8.42 Å². The zero-order valence-electron chi connectivity index (χ0n) is 36.6. The molecule has 0 spiro atoms. The molecule has 6 rings (SSSR count). The van der Waals surface area contributed by atoms with Gasteiger partial charge in [0, 0.05) is 25.8 Å². The highest BCUT2D eigenvalue weighted by Gasteiger charge is 2.38. The predicted molar refractivity (Wildman–Crippen MR) is 241 cm³/mol. The number of nitrogens with one attached hydrogen (secondary N) is 2. The average Bonchev–Trinajstić information content (AvgIpc) is 3.75. The normalized spacial score (nSPS) is 12.4. The Hall–Kier alpha value is -6.65. The van der Waals surface area contributed by atoms with Crippen LogP contribution in [0.15, 0.2) is 113 Å². The van der Waals surface area contributed by atoms with Gasteiger partial charge in [0.2, 0.25) is 25.9 Å². The Bertz CT molecular complexity index is 2750. The van der Waals surface area contributed by atoms with Crippen molar-refractivity contribution in [2.75, 3.05) is 40.2 Å². The smallest absolute Gasteiger partial charge is 0.407 e. The summed E-state index contributed by atoms with van der Waals surface area (Å²) in [6, 6.07) is 24.9. The maximum absolute atomic E-state index is 15.9. The van der Waals surface area contributed by atoms with Crippen LogP contribution in [0.25, 0.3) is 22.5 Å². The Labute approximate surface area is 377 Å². The molecule has 0 aliphatic rings. The van der Waals surface area contributed by atoms with Crippen molar-refractivity contribution in [3.05, 3.63) is 120 Å². The fraction of sp³-hybridized carbons (Fsp3) is 0.295. The zero-order chi connectivity index (χ0) is 46.9. The van der Waals surface area contributed by atoms with Gasteiger partial charge in [0.25, 0.3) is 0 Å². The molecule has 5 N–H and O–H groups in total. The van der Waals surface area contributed by atoms with Gasteiger partial charge in [-0.1, -0.05) is 42.5 Å². The first-order chi connectivity index (χ1) is 30.9. The number of benzene rings is 4. The van der Waals surface area contributed by atoms with E-state index in [4.69, 9.17) is 24.7 Å². The second kappa shape index (κ2) is 20.5. The molecule has 21 heteroatoms. The Morgan fingerprint density at radius 1 is 0.815 bits per heavy atom. The van der Waals surface area contributed by atoms with Crippen LogP contribution in [0.4, 0.5) is 10.6 Å². The lowest BCUT2D eigenvalue weighted by Gasteiger charge is -2.27. The van der Waals surface area contributed by atoms with Gasteiger partial charge < -0.3 is 35.1 Å². The third-order valence-electron chi connectivity index (χ3n) is 9.73. The largest absolute Gasteiger partial charge is 0.497 e. The van der Waals surface area contributed by atoms with E-state index in [0.29, 0.717) is 33.9 Å². The van der Waals surface area contributed by atoms with Crippen LogP contribution in [-0.4, -0.2) is 104 Å². The number of ether oxygens (including phenoxy) is 4. The lowest BCUT2D eigenvalue weighted by atomic mass is 10.00. The molecule has 4 aromatic carbocycles. The van der Waals surface area contributed by atoms with Crippen molar-refractivity contribution in [3.8, 4) is 39.8 Å². The van der Waals surface area contributed by atoms with Gasteiger partial charge in [-0.05, 0) is 108 Å². The Morgan fingerprint density at radius 3 is 1.88 bits per heavy atom. The molecular formula is C44H51N9O10S2. The molecule has 0 saturated heterocycles. The summed E-state index contributed by atoms with van der Waals surface area (Å²) in [5, 5.41) is 26.1. The number of pyridine rings is 1. The number of nitrogens with zero attached hydrogens (tertiary/aromatic N) is 6.